The molecule has 1 aliphatic rings. The first kappa shape index (κ1) is 20.6. The number of nitrogens with two attached hydrogens (primary N) is 1. The molecule has 0 unspecified atom stereocenters. The number of hydrogen-bond acceptors (Lipinski definition) is 5. The van der Waals surface area contributed by atoms with Crippen molar-refractivity contribution in [1.82, 2.24) is 14.9 Å². The Hall–Kier alpha value is -1.68. The minimum atomic E-state index is -3.42. The van der Waals surface area contributed by atoms with Crippen LogP contribution >= 0.6 is 0 Å². The SMILES string of the molecule is CCNS(=O)(=O)c1ccc(CN=C(N)NCCCN2CCOCC2)cc1. The molecule has 0 atom stereocenters. The fraction of sp³-hybridized carbons (Fsp3) is 0.588. The molecule has 9 heteroatoms. The van der Waals surface area contributed by atoms with Crippen molar-refractivity contribution in [3.05, 3.63) is 29.8 Å². The fourth-order valence-electron chi connectivity index (χ4n) is 2.62. The number of benzene rings is 1. The number of guanidine groups is 1. The van der Waals surface area contributed by atoms with E-state index in [1.807, 2.05) is 0 Å². The minimum Gasteiger partial charge on any atom is -0.379 e. The predicted molar refractivity (Wildman–Crippen MR) is 103 cm³/mol. The molecule has 0 radical (unpaired) electrons. The van der Waals surface area contributed by atoms with E-state index in [2.05, 4.69) is 19.9 Å². The van der Waals surface area contributed by atoms with Crippen LogP contribution in [0.1, 0.15) is 18.9 Å². The molecule has 0 aromatic heterocycles. The standard InChI is InChI=1S/C17H29N5O3S/c1-2-21-26(23,24)16-6-4-15(5-7-16)14-20-17(18)19-8-3-9-22-10-12-25-13-11-22/h4-7,21H,2-3,8-14H2,1H3,(H3,18,19,20). The van der Waals surface area contributed by atoms with Gasteiger partial charge in [0.2, 0.25) is 10.0 Å². The van der Waals surface area contributed by atoms with Gasteiger partial charge < -0.3 is 15.8 Å². The molecule has 0 saturated carbocycles. The lowest BCUT2D eigenvalue weighted by molar-refractivity contribution is 0.0376. The van der Waals surface area contributed by atoms with Crippen LogP contribution in [0.4, 0.5) is 0 Å². The summed E-state index contributed by atoms with van der Waals surface area (Å²) in [5.41, 5.74) is 6.78. The smallest absolute Gasteiger partial charge is 0.240 e. The molecule has 0 bridgehead atoms. The molecule has 2 rings (SSSR count). The molecule has 1 saturated heterocycles. The second-order valence-corrected chi connectivity index (χ2v) is 7.85. The van der Waals surface area contributed by atoms with Gasteiger partial charge in [-0.3, -0.25) is 4.90 Å². The van der Waals surface area contributed by atoms with Crippen LogP contribution in [0.3, 0.4) is 0 Å². The third-order valence-electron chi connectivity index (χ3n) is 4.06. The van der Waals surface area contributed by atoms with Gasteiger partial charge in [-0.05, 0) is 30.7 Å². The Morgan fingerprint density at radius 2 is 1.96 bits per heavy atom. The van der Waals surface area contributed by atoms with E-state index in [0.717, 1.165) is 51.4 Å². The summed E-state index contributed by atoms with van der Waals surface area (Å²) in [6.07, 6.45) is 0.993. The summed E-state index contributed by atoms with van der Waals surface area (Å²) in [5, 5.41) is 3.11. The molecule has 0 amide bonds. The van der Waals surface area contributed by atoms with E-state index >= 15 is 0 Å². The molecule has 0 spiro atoms. The summed E-state index contributed by atoms with van der Waals surface area (Å²) in [5.74, 6) is 0.399. The van der Waals surface area contributed by atoms with E-state index in [1.165, 1.54) is 0 Å². The van der Waals surface area contributed by atoms with Crippen molar-refractivity contribution >= 4 is 16.0 Å². The van der Waals surface area contributed by atoms with Gasteiger partial charge in [0.25, 0.3) is 0 Å². The van der Waals surface area contributed by atoms with E-state index in [4.69, 9.17) is 10.5 Å². The normalized spacial score (nSPS) is 16.6. The van der Waals surface area contributed by atoms with Crippen LogP contribution in [0.5, 0.6) is 0 Å². The van der Waals surface area contributed by atoms with Crippen LogP contribution in [0.25, 0.3) is 0 Å². The molecule has 1 heterocycles. The van der Waals surface area contributed by atoms with Crippen molar-refractivity contribution in [3.8, 4) is 0 Å². The van der Waals surface area contributed by atoms with Crippen molar-refractivity contribution in [2.45, 2.75) is 24.8 Å². The van der Waals surface area contributed by atoms with Crippen molar-refractivity contribution in [3.63, 3.8) is 0 Å². The Kier molecular flexibility index (Phi) is 8.30. The first-order chi connectivity index (χ1) is 12.5. The van der Waals surface area contributed by atoms with Gasteiger partial charge in [0.05, 0.1) is 24.7 Å². The largest absolute Gasteiger partial charge is 0.379 e. The van der Waals surface area contributed by atoms with Crippen molar-refractivity contribution in [2.24, 2.45) is 10.7 Å². The second kappa shape index (κ2) is 10.5. The lowest BCUT2D eigenvalue weighted by Gasteiger charge is -2.26. The zero-order chi connectivity index (χ0) is 18.8. The first-order valence-corrected chi connectivity index (χ1v) is 10.4. The van der Waals surface area contributed by atoms with E-state index in [-0.39, 0.29) is 4.90 Å². The zero-order valence-corrected chi connectivity index (χ0v) is 16.1. The average Bonchev–Trinajstić information content (AvgIpc) is 2.65. The van der Waals surface area contributed by atoms with Gasteiger partial charge in [-0.15, -0.1) is 0 Å². The molecule has 1 aliphatic heterocycles. The quantitative estimate of drug-likeness (QED) is 0.317. The molecule has 1 fully saturated rings. The Morgan fingerprint density at radius 3 is 2.62 bits per heavy atom. The number of nitrogens with one attached hydrogen (secondary N) is 2. The monoisotopic (exact) mass is 383 g/mol. The summed E-state index contributed by atoms with van der Waals surface area (Å²) >= 11 is 0. The molecule has 146 valence electrons. The average molecular weight is 384 g/mol. The summed E-state index contributed by atoms with van der Waals surface area (Å²) < 4.78 is 31.6. The maximum Gasteiger partial charge on any atom is 0.240 e. The Morgan fingerprint density at radius 1 is 1.27 bits per heavy atom. The van der Waals surface area contributed by atoms with Gasteiger partial charge in [0.1, 0.15) is 0 Å². The third kappa shape index (κ3) is 6.91. The van der Waals surface area contributed by atoms with E-state index in [9.17, 15) is 8.42 Å². The van der Waals surface area contributed by atoms with E-state index in [1.54, 1.807) is 31.2 Å². The highest BCUT2D eigenvalue weighted by Gasteiger charge is 2.11. The van der Waals surface area contributed by atoms with E-state index in [0.29, 0.717) is 19.0 Å². The number of aliphatic imine (C=N–C) groups is 1. The van der Waals surface area contributed by atoms with Crippen LogP contribution in [-0.2, 0) is 21.3 Å². The summed E-state index contributed by atoms with van der Waals surface area (Å²) in [6.45, 7) is 7.91. The molecule has 26 heavy (non-hydrogen) atoms. The molecule has 4 N–H and O–H groups in total. The lowest BCUT2D eigenvalue weighted by Crippen LogP contribution is -2.39. The number of nitrogens with zero attached hydrogens (tertiary/aromatic N) is 2. The highest BCUT2D eigenvalue weighted by atomic mass is 32.2. The number of morpholine rings is 1. The molecule has 0 aliphatic carbocycles. The topological polar surface area (TPSA) is 109 Å². The van der Waals surface area contributed by atoms with Gasteiger partial charge in [0.15, 0.2) is 5.96 Å². The minimum absolute atomic E-state index is 0.251. The van der Waals surface area contributed by atoms with Crippen molar-refractivity contribution in [2.75, 3.05) is 45.9 Å². The Labute approximate surface area is 155 Å². The first-order valence-electron chi connectivity index (χ1n) is 8.94. The predicted octanol–water partition coefficient (Wildman–Crippen LogP) is 0.111. The van der Waals surface area contributed by atoms with Gasteiger partial charge in [-0.25, -0.2) is 18.1 Å². The maximum atomic E-state index is 11.9. The van der Waals surface area contributed by atoms with Crippen molar-refractivity contribution in [1.29, 1.82) is 0 Å². The van der Waals surface area contributed by atoms with Crippen LogP contribution in [0.2, 0.25) is 0 Å². The van der Waals surface area contributed by atoms with Gasteiger partial charge in [-0.2, -0.15) is 0 Å². The molecule has 1 aromatic rings. The summed E-state index contributed by atoms with van der Waals surface area (Å²) in [6, 6.07) is 6.66. The third-order valence-corrected chi connectivity index (χ3v) is 5.62. The van der Waals surface area contributed by atoms with Crippen LogP contribution in [-0.4, -0.2) is 65.2 Å². The summed E-state index contributed by atoms with van der Waals surface area (Å²) in [4.78, 5) is 6.92. The highest BCUT2D eigenvalue weighted by molar-refractivity contribution is 7.89. The number of hydrogen-bond donors (Lipinski definition) is 3. The molecular weight excluding hydrogens is 354 g/mol. The van der Waals surface area contributed by atoms with Crippen LogP contribution in [0.15, 0.2) is 34.2 Å². The van der Waals surface area contributed by atoms with Gasteiger partial charge >= 0.3 is 0 Å². The highest BCUT2D eigenvalue weighted by Crippen LogP contribution is 2.11. The number of rotatable bonds is 9. The second-order valence-electron chi connectivity index (χ2n) is 6.08. The Balaban J connectivity index is 1.72. The van der Waals surface area contributed by atoms with Crippen LogP contribution < -0.4 is 15.8 Å². The molecular formula is C17H29N5O3S. The van der Waals surface area contributed by atoms with Gasteiger partial charge in [0, 0.05) is 26.2 Å². The summed E-state index contributed by atoms with van der Waals surface area (Å²) in [7, 11) is -3.42. The Bertz CT molecular complexity index is 670. The van der Waals surface area contributed by atoms with Crippen LogP contribution in [0, 0.1) is 0 Å². The van der Waals surface area contributed by atoms with E-state index < -0.39 is 10.0 Å². The van der Waals surface area contributed by atoms with Crippen molar-refractivity contribution < 1.29 is 13.2 Å². The molecule has 1 aromatic carbocycles. The fourth-order valence-corrected chi connectivity index (χ4v) is 3.66. The zero-order valence-electron chi connectivity index (χ0n) is 15.3. The maximum absolute atomic E-state index is 11.9. The van der Waals surface area contributed by atoms with Gasteiger partial charge in [-0.1, -0.05) is 19.1 Å². The lowest BCUT2D eigenvalue weighted by atomic mass is 10.2. The molecule has 8 nitrogen and oxygen atoms in total. The number of sulfonamides is 1. The number of ether oxygens (including phenoxy) is 1.